The van der Waals surface area contributed by atoms with E-state index < -0.39 is 0 Å². The normalized spacial score (nSPS) is 17.9. The lowest BCUT2D eigenvalue weighted by molar-refractivity contribution is -0.116. The van der Waals surface area contributed by atoms with Gasteiger partial charge in [0.25, 0.3) is 0 Å². The first kappa shape index (κ1) is 16.8. The number of amides is 1. The molecule has 1 N–H and O–H groups in total. The number of anilines is 2. The van der Waals surface area contributed by atoms with Crippen molar-refractivity contribution in [1.82, 2.24) is 0 Å². The molecule has 2 aromatic rings. The van der Waals surface area contributed by atoms with Crippen molar-refractivity contribution in [3.63, 3.8) is 0 Å². The van der Waals surface area contributed by atoms with Gasteiger partial charge in [0.2, 0.25) is 5.91 Å². The average molecular weight is 375 g/mol. The van der Waals surface area contributed by atoms with Crippen molar-refractivity contribution < 1.29 is 19.0 Å². The number of nitrogens with one attached hydrogen (secondary N) is 1. The van der Waals surface area contributed by atoms with Gasteiger partial charge in [0.15, 0.2) is 11.5 Å². The van der Waals surface area contributed by atoms with Crippen molar-refractivity contribution in [2.24, 2.45) is 0 Å². The predicted molar refractivity (Wildman–Crippen MR) is 99.8 cm³/mol. The number of hydrogen-bond donors (Lipinski definition) is 1. The lowest BCUT2D eigenvalue weighted by Crippen LogP contribution is -2.42. The summed E-state index contributed by atoms with van der Waals surface area (Å²) in [6.07, 6.45) is 0.302. The van der Waals surface area contributed by atoms with Crippen molar-refractivity contribution in [3.05, 3.63) is 41.4 Å². The van der Waals surface area contributed by atoms with Crippen molar-refractivity contribution >= 4 is 28.9 Å². The van der Waals surface area contributed by atoms with Crippen LogP contribution < -0.4 is 24.4 Å². The number of fused-ring (bicyclic) bond motifs is 2. The number of halogens is 1. The molecule has 0 fully saturated rings. The van der Waals surface area contributed by atoms with Crippen LogP contribution in [0.2, 0.25) is 5.02 Å². The molecule has 1 atom stereocenters. The van der Waals surface area contributed by atoms with Crippen LogP contribution in [0.15, 0.2) is 36.4 Å². The number of carbonyl (C=O) groups is 1. The minimum atomic E-state index is -0.0902. The molecule has 2 aliphatic heterocycles. The van der Waals surface area contributed by atoms with Gasteiger partial charge < -0.3 is 24.4 Å². The van der Waals surface area contributed by atoms with Crippen LogP contribution in [0.5, 0.6) is 17.2 Å². The lowest BCUT2D eigenvalue weighted by Gasteiger charge is -2.35. The highest BCUT2D eigenvalue weighted by molar-refractivity contribution is 6.31. The molecule has 0 saturated carbocycles. The topological polar surface area (TPSA) is 60.0 Å². The molecule has 4 rings (SSSR count). The maximum absolute atomic E-state index is 12.5. The van der Waals surface area contributed by atoms with Gasteiger partial charge in [0.05, 0.1) is 18.2 Å². The second kappa shape index (κ2) is 6.96. The summed E-state index contributed by atoms with van der Waals surface area (Å²) < 4.78 is 16.8. The summed E-state index contributed by atoms with van der Waals surface area (Å²) in [7, 11) is 1.94. The lowest BCUT2D eigenvalue weighted by atomic mass is 10.1. The molecule has 2 aliphatic rings. The van der Waals surface area contributed by atoms with Gasteiger partial charge in [-0.3, -0.25) is 4.79 Å². The molecule has 1 amide bonds. The summed E-state index contributed by atoms with van der Waals surface area (Å²) >= 11 is 6.08. The van der Waals surface area contributed by atoms with E-state index in [2.05, 4.69) is 5.32 Å². The van der Waals surface area contributed by atoms with E-state index in [1.807, 2.05) is 30.1 Å². The van der Waals surface area contributed by atoms with E-state index in [1.165, 1.54) is 0 Å². The number of hydrogen-bond acceptors (Lipinski definition) is 5. The zero-order valence-corrected chi connectivity index (χ0v) is 15.1. The molecular weight excluding hydrogens is 356 g/mol. The predicted octanol–water partition coefficient (Wildman–Crippen LogP) is 3.34. The molecule has 0 saturated heterocycles. The standard InChI is InChI=1S/C19H19ClN2O4/c1-22-14(11-26-16-4-2-12(20)8-15(16)22)10-19(23)21-13-3-5-17-18(9-13)25-7-6-24-17/h2-5,8-9,14H,6-7,10-11H2,1H3,(H,21,23). The Morgan fingerprint density at radius 2 is 1.88 bits per heavy atom. The maximum Gasteiger partial charge on any atom is 0.226 e. The van der Waals surface area contributed by atoms with Crippen LogP contribution in [-0.4, -0.2) is 38.8 Å². The maximum atomic E-state index is 12.5. The smallest absolute Gasteiger partial charge is 0.226 e. The van der Waals surface area contributed by atoms with Gasteiger partial charge in [-0.15, -0.1) is 0 Å². The molecule has 0 aliphatic carbocycles. The highest BCUT2D eigenvalue weighted by Gasteiger charge is 2.27. The molecule has 2 heterocycles. The first-order valence-electron chi connectivity index (χ1n) is 8.45. The first-order chi connectivity index (χ1) is 12.6. The number of rotatable bonds is 3. The quantitative estimate of drug-likeness (QED) is 0.892. The van der Waals surface area contributed by atoms with Gasteiger partial charge in [-0.1, -0.05) is 11.6 Å². The Labute approximate surface area is 156 Å². The summed E-state index contributed by atoms with van der Waals surface area (Å²) in [5.41, 5.74) is 1.57. The van der Waals surface area contributed by atoms with E-state index in [0.29, 0.717) is 48.5 Å². The van der Waals surface area contributed by atoms with Gasteiger partial charge in [-0.2, -0.15) is 0 Å². The van der Waals surface area contributed by atoms with Crippen LogP contribution in [0.4, 0.5) is 11.4 Å². The molecule has 0 radical (unpaired) electrons. The number of nitrogens with zero attached hydrogens (tertiary/aromatic N) is 1. The largest absolute Gasteiger partial charge is 0.489 e. The first-order valence-corrected chi connectivity index (χ1v) is 8.82. The van der Waals surface area contributed by atoms with E-state index in [0.717, 1.165) is 11.4 Å². The molecular formula is C19H19ClN2O4. The Morgan fingerprint density at radius 3 is 2.73 bits per heavy atom. The molecule has 0 bridgehead atoms. The zero-order valence-electron chi connectivity index (χ0n) is 14.3. The summed E-state index contributed by atoms with van der Waals surface area (Å²) in [6, 6.07) is 10.8. The Hall–Kier alpha value is -2.60. The van der Waals surface area contributed by atoms with Gasteiger partial charge >= 0.3 is 0 Å². The van der Waals surface area contributed by atoms with Gasteiger partial charge in [0, 0.05) is 23.8 Å². The Balaban J connectivity index is 1.42. The Kier molecular flexibility index (Phi) is 4.51. The van der Waals surface area contributed by atoms with Crippen LogP contribution >= 0.6 is 11.6 Å². The fourth-order valence-corrected chi connectivity index (χ4v) is 3.29. The molecule has 6 nitrogen and oxygen atoms in total. The highest BCUT2D eigenvalue weighted by Crippen LogP contribution is 2.36. The van der Waals surface area contributed by atoms with Crippen LogP contribution in [0.1, 0.15) is 6.42 Å². The molecule has 0 aromatic heterocycles. The van der Waals surface area contributed by atoms with E-state index in [4.69, 9.17) is 25.8 Å². The Morgan fingerprint density at radius 1 is 1.12 bits per heavy atom. The minimum Gasteiger partial charge on any atom is -0.489 e. The van der Waals surface area contributed by atoms with Crippen molar-refractivity contribution in [3.8, 4) is 17.2 Å². The minimum absolute atomic E-state index is 0.0711. The molecule has 136 valence electrons. The van der Waals surface area contributed by atoms with E-state index in [1.54, 1.807) is 18.2 Å². The number of benzene rings is 2. The van der Waals surface area contributed by atoms with E-state index >= 15 is 0 Å². The van der Waals surface area contributed by atoms with Crippen molar-refractivity contribution in [2.75, 3.05) is 37.1 Å². The average Bonchev–Trinajstić information content (AvgIpc) is 2.64. The van der Waals surface area contributed by atoms with Gasteiger partial charge in [0.1, 0.15) is 25.6 Å². The molecule has 1 unspecified atom stereocenters. The van der Waals surface area contributed by atoms with Crippen LogP contribution in [0.25, 0.3) is 0 Å². The number of ether oxygens (including phenoxy) is 3. The number of likely N-dealkylation sites (N-methyl/N-ethyl adjacent to an activating group) is 1. The van der Waals surface area contributed by atoms with Gasteiger partial charge in [-0.05, 0) is 30.3 Å². The van der Waals surface area contributed by atoms with E-state index in [-0.39, 0.29) is 11.9 Å². The third-order valence-corrected chi connectivity index (χ3v) is 4.76. The molecule has 26 heavy (non-hydrogen) atoms. The third kappa shape index (κ3) is 3.37. The fourth-order valence-electron chi connectivity index (χ4n) is 3.13. The van der Waals surface area contributed by atoms with E-state index in [9.17, 15) is 4.79 Å². The second-order valence-corrected chi connectivity index (χ2v) is 6.73. The summed E-state index contributed by atoms with van der Waals surface area (Å²) in [6.45, 7) is 1.49. The monoisotopic (exact) mass is 374 g/mol. The SMILES string of the molecule is CN1c2cc(Cl)ccc2OCC1CC(=O)Nc1ccc2c(c1)OCCO2. The number of carbonyl (C=O) groups excluding carboxylic acids is 1. The second-order valence-electron chi connectivity index (χ2n) is 6.30. The Bertz CT molecular complexity index is 842. The summed E-state index contributed by atoms with van der Waals surface area (Å²) in [5, 5.41) is 3.55. The molecule has 2 aromatic carbocycles. The summed E-state index contributed by atoms with van der Waals surface area (Å²) in [4.78, 5) is 14.5. The summed E-state index contributed by atoms with van der Waals surface area (Å²) in [5.74, 6) is 2.03. The third-order valence-electron chi connectivity index (χ3n) is 4.53. The van der Waals surface area contributed by atoms with Crippen molar-refractivity contribution in [2.45, 2.75) is 12.5 Å². The van der Waals surface area contributed by atoms with Crippen LogP contribution in [0, 0.1) is 0 Å². The highest BCUT2D eigenvalue weighted by atomic mass is 35.5. The van der Waals surface area contributed by atoms with Crippen molar-refractivity contribution in [1.29, 1.82) is 0 Å². The zero-order chi connectivity index (χ0) is 18.1. The van der Waals surface area contributed by atoms with Crippen LogP contribution in [-0.2, 0) is 4.79 Å². The van der Waals surface area contributed by atoms with Crippen LogP contribution in [0.3, 0.4) is 0 Å². The fraction of sp³-hybridized carbons (Fsp3) is 0.316. The van der Waals surface area contributed by atoms with Gasteiger partial charge in [-0.25, -0.2) is 0 Å². The molecule has 7 heteroatoms. The molecule has 0 spiro atoms.